The Hall–Kier alpha value is -1.80. The van der Waals surface area contributed by atoms with Gasteiger partial charge in [0.2, 0.25) is 5.95 Å². The van der Waals surface area contributed by atoms with Crippen molar-refractivity contribution >= 4 is 21.9 Å². The quantitative estimate of drug-likeness (QED) is 0.665. The zero-order chi connectivity index (χ0) is 13.8. The molecule has 1 aromatic heterocycles. The van der Waals surface area contributed by atoms with Gasteiger partial charge < -0.3 is 4.74 Å². The second kappa shape index (κ2) is 5.89. The molecule has 19 heavy (non-hydrogen) atoms. The van der Waals surface area contributed by atoms with Gasteiger partial charge in [0.1, 0.15) is 12.4 Å². The Morgan fingerprint density at radius 2 is 2.16 bits per heavy atom. The first-order valence-corrected chi connectivity index (χ1v) is 5.95. The van der Waals surface area contributed by atoms with E-state index in [1.165, 1.54) is 6.20 Å². The number of benzene rings is 1. The molecule has 0 aliphatic carbocycles. The van der Waals surface area contributed by atoms with Gasteiger partial charge in [-0.2, -0.15) is 0 Å². The van der Waals surface area contributed by atoms with Crippen LogP contribution in [0.25, 0.3) is 0 Å². The summed E-state index contributed by atoms with van der Waals surface area (Å²) in [7, 11) is 0. The fourth-order valence-electron chi connectivity index (χ4n) is 1.36. The summed E-state index contributed by atoms with van der Waals surface area (Å²) in [5, 5.41) is 0. The molecule has 5 nitrogen and oxygen atoms in total. The Labute approximate surface area is 115 Å². The van der Waals surface area contributed by atoms with E-state index >= 15 is 0 Å². The van der Waals surface area contributed by atoms with E-state index in [2.05, 4.69) is 31.3 Å². The van der Waals surface area contributed by atoms with Gasteiger partial charge >= 0.3 is 0 Å². The van der Waals surface area contributed by atoms with Crippen molar-refractivity contribution in [2.75, 3.05) is 5.43 Å². The van der Waals surface area contributed by atoms with Gasteiger partial charge in [0.15, 0.2) is 11.6 Å². The van der Waals surface area contributed by atoms with E-state index in [0.717, 1.165) is 12.1 Å². The number of aromatic nitrogens is 2. The summed E-state index contributed by atoms with van der Waals surface area (Å²) in [5.41, 5.74) is 2.78. The number of hydrogen-bond acceptors (Lipinski definition) is 5. The van der Waals surface area contributed by atoms with Gasteiger partial charge in [-0.05, 0) is 28.1 Å². The summed E-state index contributed by atoms with van der Waals surface area (Å²) in [6.45, 7) is -0.00163. The fourth-order valence-corrected chi connectivity index (χ4v) is 1.88. The molecular formula is C11H9BrF2N4O. The van der Waals surface area contributed by atoms with Crippen molar-refractivity contribution in [3.05, 3.63) is 46.2 Å². The molecule has 0 bridgehead atoms. The van der Waals surface area contributed by atoms with Gasteiger partial charge in [-0.15, -0.1) is 0 Å². The maximum Gasteiger partial charge on any atom is 0.237 e. The van der Waals surface area contributed by atoms with Crippen molar-refractivity contribution < 1.29 is 13.5 Å². The monoisotopic (exact) mass is 330 g/mol. The van der Waals surface area contributed by atoms with Crippen LogP contribution in [0.15, 0.2) is 28.9 Å². The smallest absolute Gasteiger partial charge is 0.237 e. The predicted octanol–water partition coefficient (Wildman–Crippen LogP) is 2.38. The highest BCUT2D eigenvalue weighted by Gasteiger charge is 2.11. The second-order valence-electron chi connectivity index (χ2n) is 3.50. The van der Waals surface area contributed by atoms with Gasteiger partial charge in [0.05, 0.1) is 10.2 Å². The van der Waals surface area contributed by atoms with Crippen LogP contribution in [0, 0.1) is 11.6 Å². The molecular weight excluding hydrogens is 322 g/mol. The first-order valence-electron chi connectivity index (χ1n) is 5.16. The van der Waals surface area contributed by atoms with Crippen molar-refractivity contribution in [1.82, 2.24) is 9.97 Å². The number of hydrogen-bond donors (Lipinski definition) is 2. The number of halogens is 3. The molecule has 2 rings (SSSR count). The molecule has 1 heterocycles. The molecule has 0 aliphatic heterocycles. The van der Waals surface area contributed by atoms with Crippen molar-refractivity contribution in [2.45, 2.75) is 6.61 Å². The predicted molar refractivity (Wildman–Crippen MR) is 68.2 cm³/mol. The minimum atomic E-state index is -0.793. The van der Waals surface area contributed by atoms with E-state index in [0.29, 0.717) is 5.69 Å². The summed E-state index contributed by atoms with van der Waals surface area (Å²) in [6.07, 6.45) is 1.48. The van der Waals surface area contributed by atoms with Gasteiger partial charge in [0, 0.05) is 12.3 Å². The summed E-state index contributed by atoms with van der Waals surface area (Å²) >= 11 is 3.03. The van der Waals surface area contributed by atoms with Crippen LogP contribution in [-0.2, 0) is 6.61 Å². The van der Waals surface area contributed by atoms with E-state index in [1.54, 1.807) is 6.07 Å². The summed E-state index contributed by atoms with van der Waals surface area (Å²) in [4.78, 5) is 7.82. The molecule has 0 atom stereocenters. The molecule has 2 aromatic rings. The van der Waals surface area contributed by atoms with Crippen LogP contribution >= 0.6 is 15.9 Å². The van der Waals surface area contributed by atoms with Gasteiger partial charge in [-0.3, -0.25) is 5.43 Å². The first-order chi connectivity index (χ1) is 9.10. The Bertz CT molecular complexity index is 574. The SMILES string of the molecule is NNc1nccc(COc2c(F)cc(F)cc2Br)n1. The molecule has 0 spiro atoms. The van der Waals surface area contributed by atoms with Gasteiger partial charge in [-0.25, -0.2) is 24.6 Å². The van der Waals surface area contributed by atoms with Crippen LogP contribution in [0.3, 0.4) is 0 Å². The topological polar surface area (TPSA) is 73.1 Å². The van der Waals surface area contributed by atoms with E-state index in [4.69, 9.17) is 10.6 Å². The third-order valence-electron chi connectivity index (χ3n) is 2.17. The van der Waals surface area contributed by atoms with Crippen molar-refractivity contribution in [3.63, 3.8) is 0 Å². The molecule has 0 fully saturated rings. The van der Waals surface area contributed by atoms with Crippen LogP contribution in [-0.4, -0.2) is 9.97 Å². The molecule has 100 valence electrons. The molecule has 0 saturated heterocycles. The number of nitrogens with zero attached hydrogens (tertiary/aromatic N) is 2. The third-order valence-corrected chi connectivity index (χ3v) is 2.76. The van der Waals surface area contributed by atoms with Gasteiger partial charge in [-0.1, -0.05) is 0 Å². The Kier molecular flexibility index (Phi) is 4.23. The van der Waals surface area contributed by atoms with Crippen LogP contribution in [0.5, 0.6) is 5.75 Å². The van der Waals surface area contributed by atoms with E-state index < -0.39 is 11.6 Å². The normalized spacial score (nSPS) is 10.3. The number of nitrogens with two attached hydrogens (primary N) is 1. The second-order valence-corrected chi connectivity index (χ2v) is 4.36. The molecule has 8 heteroatoms. The van der Waals surface area contributed by atoms with Crippen LogP contribution in [0.4, 0.5) is 14.7 Å². The largest absolute Gasteiger partial charge is 0.483 e. The molecule has 0 unspecified atom stereocenters. The van der Waals surface area contributed by atoms with Crippen LogP contribution in [0.2, 0.25) is 0 Å². The number of nitrogen functional groups attached to an aromatic ring is 1. The number of hydrazine groups is 1. The molecule has 0 aliphatic rings. The Morgan fingerprint density at radius 1 is 1.37 bits per heavy atom. The molecule has 0 radical (unpaired) electrons. The maximum absolute atomic E-state index is 13.5. The van der Waals surface area contributed by atoms with Crippen LogP contribution in [0.1, 0.15) is 5.69 Å². The third kappa shape index (κ3) is 3.36. The zero-order valence-corrected chi connectivity index (χ0v) is 11.1. The average molecular weight is 331 g/mol. The molecule has 1 aromatic carbocycles. The highest BCUT2D eigenvalue weighted by Crippen LogP contribution is 2.29. The van der Waals surface area contributed by atoms with E-state index in [1.807, 2.05) is 0 Å². The first kappa shape index (κ1) is 13.6. The average Bonchev–Trinajstić information content (AvgIpc) is 2.37. The number of anilines is 1. The van der Waals surface area contributed by atoms with Crippen molar-refractivity contribution in [3.8, 4) is 5.75 Å². The van der Waals surface area contributed by atoms with E-state index in [9.17, 15) is 8.78 Å². The maximum atomic E-state index is 13.5. The molecule has 3 N–H and O–H groups in total. The van der Waals surface area contributed by atoms with Crippen molar-refractivity contribution in [1.29, 1.82) is 0 Å². The number of rotatable bonds is 4. The van der Waals surface area contributed by atoms with E-state index in [-0.39, 0.29) is 22.8 Å². The fraction of sp³-hybridized carbons (Fsp3) is 0.0909. The van der Waals surface area contributed by atoms with Crippen molar-refractivity contribution in [2.24, 2.45) is 5.84 Å². The number of nitrogens with one attached hydrogen (secondary N) is 1. The Balaban J connectivity index is 2.14. The minimum absolute atomic E-state index is 0.00163. The number of ether oxygens (including phenoxy) is 1. The zero-order valence-electron chi connectivity index (χ0n) is 9.53. The molecule has 0 amide bonds. The van der Waals surface area contributed by atoms with Crippen LogP contribution < -0.4 is 16.0 Å². The lowest BCUT2D eigenvalue weighted by Crippen LogP contribution is -2.11. The summed E-state index contributed by atoms with van der Waals surface area (Å²) in [5.74, 6) is 3.83. The lowest BCUT2D eigenvalue weighted by molar-refractivity contribution is 0.283. The molecule has 0 saturated carbocycles. The van der Waals surface area contributed by atoms with Gasteiger partial charge in [0.25, 0.3) is 0 Å². The highest BCUT2D eigenvalue weighted by molar-refractivity contribution is 9.10. The Morgan fingerprint density at radius 3 is 2.84 bits per heavy atom. The minimum Gasteiger partial charge on any atom is -0.483 e. The lowest BCUT2D eigenvalue weighted by Gasteiger charge is -2.09. The lowest BCUT2D eigenvalue weighted by atomic mass is 10.3. The highest BCUT2D eigenvalue weighted by atomic mass is 79.9. The summed E-state index contributed by atoms with van der Waals surface area (Å²) in [6, 6.07) is 3.45. The standard InChI is InChI=1S/C11H9BrF2N4O/c12-8-3-6(13)4-9(14)10(8)19-5-7-1-2-16-11(17-7)18-15/h1-4H,5,15H2,(H,16,17,18). The summed E-state index contributed by atoms with van der Waals surface area (Å²) < 4.78 is 31.9.